The van der Waals surface area contributed by atoms with Crippen molar-refractivity contribution < 1.29 is 19.1 Å². The number of unbranched alkanes of at least 4 members (excludes halogenated alkanes) is 62. The standard InChI is InChI=1S/C52H80N2.2C22H45.Ni/c1-4-7-10-12-13-14-15-16-17-18-19-20-21-22-23-24-25-26-27-28-29-30-31-33-40-47-41-34-35-43-50(47)52-49(39-9-6-3)45-51(54(52)53)48-42-36-38-46(44-48)37-32-11-8-5-2;2*1-3-5-7-9-11-13-15-17-19-21-22-20-18-16-14-12-10-8-6-4-2;/h34-36,38,41-45H,4-29,32-33,37,39-40H2,1-3H3;2*1,3-22H2,2H3;. The van der Waals surface area contributed by atoms with Crippen LogP contribution in [-0.2, 0) is 27.3 Å². The van der Waals surface area contributed by atoms with Crippen molar-refractivity contribution in [3.63, 3.8) is 0 Å². The van der Waals surface area contributed by atoms with Crippen LogP contribution in [0.15, 0.2) is 60.2 Å². The Bertz CT molecular complexity index is 2110. The van der Waals surface area contributed by atoms with E-state index >= 15 is 0 Å². The van der Waals surface area contributed by atoms with E-state index in [1.165, 1.54) is 443 Å². The van der Waals surface area contributed by atoms with Gasteiger partial charge in [0.05, 0.1) is 0 Å². The van der Waals surface area contributed by atoms with Crippen LogP contribution in [0.5, 0.6) is 0 Å². The molecule has 0 fully saturated rings. The van der Waals surface area contributed by atoms with Crippen LogP contribution in [-0.4, -0.2) is 4.70 Å². The maximum absolute atomic E-state index is 11.7. The first-order valence-corrected chi connectivity index (χ1v) is 46.5. The Hall–Kier alpha value is -2.43. The molecule has 0 aromatic heterocycles. The third-order valence-electron chi connectivity index (χ3n) is 21.6. The molecule has 2 nitrogen and oxygen atoms in total. The van der Waals surface area contributed by atoms with Gasteiger partial charge in [-0.3, -0.25) is 0 Å². The topological polar surface area (TPSA) is 25.3 Å². The van der Waals surface area contributed by atoms with Gasteiger partial charge in [0.15, 0.2) is 0 Å². The monoisotopic (exact) mass is 1410 g/mol. The molecule has 3 heteroatoms. The van der Waals surface area contributed by atoms with E-state index in [1.54, 1.807) is 0 Å². The summed E-state index contributed by atoms with van der Waals surface area (Å²) in [5, 5.41) is 2.87. The predicted octanol–water partition coefficient (Wildman–Crippen LogP) is 34.5. The van der Waals surface area contributed by atoms with Crippen molar-refractivity contribution in [1.29, 1.82) is 0 Å². The summed E-state index contributed by atoms with van der Waals surface area (Å²) in [6.07, 6.45) is 102. The van der Waals surface area contributed by atoms with Gasteiger partial charge in [-0.1, -0.05) is 328 Å². The SMILES string of the molecule is CCCCCCCCCCCCCCCCCCCCCCC#CCCc1ccccc1C1=C(CCCC)C=C(c2cccc(CCCCCC)c2)[N+]1=[N-].CCCCCCCCCCCCCCCCCCCCC[CH2][Ni][CH2]CCCCCCCCCCCCCCCCCCCCC. The molecule has 2 aromatic carbocycles. The van der Waals surface area contributed by atoms with Gasteiger partial charge in [-0.05, 0) is 67.9 Å². The fourth-order valence-electron chi connectivity index (χ4n) is 15.0. The molecule has 574 valence electrons. The summed E-state index contributed by atoms with van der Waals surface area (Å²) in [5.41, 5.74) is 19.7. The second kappa shape index (κ2) is 75.3. The van der Waals surface area contributed by atoms with E-state index in [0.29, 0.717) is 0 Å². The van der Waals surface area contributed by atoms with Crippen LogP contribution in [0.3, 0.4) is 0 Å². The first kappa shape index (κ1) is 92.7. The molecule has 1 aliphatic rings. The van der Waals surface area contributed by atoms with Crippen LogP contribution < -0.4 is 0 Å². The average Bonchev–Trinajstić information content (AvgIpc) is 1.64. The van der Waals surface area contributed by atoms with Crippen LogP contribution in [0, 0.1) is 11.8 Å². The van der Waals surface area contributed by atoms with Crippen LogP contribution >= 0.6 is 0 Å². The van der Waals surface area contributed by atoms with E-state index in [4.69, 9.17) is 0 Å². The number of benzene rings is 2. The molecule has 0 radical (unpaired) electrons. The molecule has 3 rings (SSSR count). The zero-order chi connectivity index (χ0) is 70.7. The Kier molecular flexibility index (Phi) is 70.4. The summed E-state index contributed by atoms with van der Waals surface area (Å²) < 4.78 is 1.48. The van der Waals surface area contributed by atoms with Gasteiger partial charge in [0.1, 0.15) is 0 Å². The van der Waals surface area contributed by atoms with E-state index in [9.17, 15) is 5.53 Å². The summed E-state index contributed by atoms with van der Waals surface area (Å²) in [7, 11) is 0. The number of hydrogen-bond donors (Lipinski definition) is 0. The van der Waals surface area contributed by atoms with Crippen molar-refractivity contribution in [2.45, 2.75) is 501 Å². The quantitative estimate of drug-likeness (QED) is 0.0273. The average molecular weight is 1410 g/mol. The van der Waals surface area contributed by atoms with Crippen molar-refractivity contribution in [3.8, 4) is 11.8 Å². The Balaban J connectivity index is 0.000000686. The number of hydrogen-bond acceptors (Lipinski definition) is 0. The second-order valence-corrected chi connectivity index (χ2v) is 32.7. The van der Waals surface area contributed by atoms with Gasteiger partial charge in [-0.25, -0.2) is 4.70 Å². The first-order chi connectivity index (χ1) is 49.1. The fraction of sp³-hybridized carbons (Fsp3) is 0.812. The zero-order valence-electron chi connectivity index (χ0n) is 67.5. The smallest absolute Gasteiger partial charge is 0.0654 e. The summed E-state index contributed by atoms with van der Waals surface area (Å²) in [6.45, 7) is 11.4. The Morgan fingerprint density at radius 1 is 0.293 bits per heavy atom. The maximum atomic E-state index is 11.7. The van der Waals surface area contributed by atoms with Crippen molar-refractivity contribution in [3.05, 3.63) is 88.0 Å². The van der Waals surface area contributed by atoms with Crippen LogP contribution in [0.25, 0.3) is 16.9 Å². The Morgan fingerprint density at radius 2 is 0.606 bits per heavy atom. The van der Waals surface area contributed by atoms with Crippen LogP contribution in [0.4, 0.5) is 0 Å². The summed E-state index contributed by atoms with van der Waals surface area (Å²) in [4.78, 5) is 0. The van der Waals surface area contributed by atoms with Gasteiger partial charge >= 0.3 is 166 Å². The third-order valence-corrected chi connectivity index (χ3v) is 23.0. The molecular weight excluding hydrogens is 1240 g/mol. The molecule has 0 amide bonds. The molecular formula is C96H170N2Ni. The molecule has 1 aliphatic heterocycles. The Morgan fingerprint density at radius 3 is 0.970 bits per heavy atom. The molecule has 0 atom stereocenters. The van der Waals surface area contributed by atoms with Gasteiger partial charge in [0.2, 0.25) is 11.4 Å². The third kappa shape index (κ3) is 57.6. The minimum absolute atomic E-state index is 0.861. The minimum Gasteiger partial charge on any atom is -0.0654 e. The van der Waals surface area contributed by atoms with Crippen molar-refractivity contribution >= 4 is 11.4 Å². The van der Waals surface area contributed by atoms with Gasteiger partial charge in [-0.15, -0.1) is 11.8 Å². The number of nitrogens with zero attached hydrogens (tertiary/aromatic N) is 2. The first-order valence-electron chi connectivity index (χ1n) is 45.1. The normalized spacial score (nSPS) is 12.3. The molecule has 0 spiro atoms. The zero-order valence-corrected chi connectivity index (χ0v) is 68.5. The van der Waals surface area contributed by atoms with Gasteiger partial charge < -0.3 is 5.53 Å². The molecule has 0 bridgehead atoms. The van der Waals surface area contributed by atoms with Crippen molar-refractivity contribution in [2.75, 3.05) is 0 Å². The van der Waals surface area contributed by atoms with Gasteiger partial charge in [-0.2, -0.15) is 0 Å². The van der Waals surface area contributed by atoms with Gasteiger partial charge in [0.25, 0.3) is 0 Å². The van der Waals surface area contributed by atoms with E-state index in [1.807, 2.05) is 14.4 Å². The van der Waals surface area contributed by atoms with Crippen molar-refractivity contribution in [1.82, 2.24) is 0 Å². The van der Waals surface area contributed by atoms with Gasteiger partial charge in [0, 0.05) is 35.6 Å². The van der Waals surface area contributed by atoms with Crippen LogP contribution in [0.2, 0.25) is 10.8 Å². The molecule has 0 N–H and O–H groups in total. The predicted molar refractivity (Wildman–Crippen MR) is 443 cm³/mol. The number of aryl methyl sites for hydroxylation is 2. The summed E-state index contributed by atoms with van der Waals surface area (Å²) >= 11 is 2.05. The van der Waals surface area contributed by atoms with Crippen molar-refractivity contribution in [2.24, 2.45) is 0 Å². The molecule has 0 aliphatic carbocycles. The Labute approximate surface area is 627 Å². The minimum atomic E-state index is 0.861. The molecule has 1 heterocycles. The van der Waals surface area contributed by atoms with Crippen LogP contribution in [0.1, 0.15) is 500 Å². The number of rotatable bonds is 74. The summed E-state index contributed by atoms with van der Waals surface area (Å²) in [5.74, 6) is 6.95. The molecule has 99 heavy (non-hydrogen) atoms. The molecule has 0 unspecified atom stereocenters. The molecule has 2 aromatic rings. The van der Waals surface area contributed by atoms with E-state index in [0.717, 1.165) is 67.5 Å². The van der Waals surface area contributed by atoms with E-state index in [-0.39, 0.29) is 0 Å². The second-order valence-electron chi connectivity index (χ2n) is 31.2. The van der Waals surface area contributed by atoms with E-state index in [2.05, 4.69) is 101 Å². The van der Waals surface area contributed by atoms with E-state index < -0.39 is 0 Å². The molecule has 0 saturated heterocycles. The summed E-state index contributed by atoms with van der Waals surface area (Å²) in [6, 6.07) is 17.5. The fourth-order valence-corrected chi connectivity index (χ4v) is 16.2. The number of allylic oxidation sites excluding steroid dienone is 2. The molecule has 0 saturated carbocycles.